The minimum Gasteiger partial charge on any atom is -0.390 e. The fraction of sp³-hybridized carbons (Fsp3) is 0.750. The van der Waals surface area contributed by atoms with Crippen LogP contribution >= 0.6 is 0 Å². The molecule has 0 amide bonds. The van der Waals surface area contributed by atoms with Crippen LogP contribution in [0.4, 0.5) is 0 Å². The van der Waals surface area contributed by atoms with Gasteiger partial charge in [-0.15, -0.1) is 0 Å². The van der Waals surface area contributed by atoms with Crippen molar-refractivity contribution in [2.24, 2.45) is 11.8 Å². The lowest BCUT2D eigenvalue weighted by molar-refractivity contribution is 0.144. The van der Waals surface area contributed by atoms with Crippen LogP contribution in [0.2, 0.25) is 0 Å². The quantitative estimate of drug-likeness (QED) is 0.731. The molecule has 4 nitrogen and oxygen atoms in total. The molecule has 2 N–H and O–H groups in total. The third kappa shape index (κ3) is 4.77. The van der Waals surface area contributed by atoms with E-state index in [4.69, 9.17) is 0 Å². The number of aliphatic hydroxyl groups is 1. The average molecular weight is 225 g/mol. The zero-order valence-corrected chi connectivity index (χ0v) is 10.4. The molecule has 16 heavy (non-hydrogen) atoms. The molecular formula is C12H23N3O. The summed E-state index contributed by atoms with van der Waals surface area (Å²) in [6, 6.07) is 1.86. The van der Waals surface area contributed by atoms with Crippen LogP contribution in [0, 0.1) is 11.8 Å². The zero-order valence-electron chi connectivity index (χ0n) is 10.4. The maximum Gasteiger partial charge on any atom is 0.0860 e. The molecule has 0 aromatic carbocycles. The van der Waals surface area contributed by atoms with Crippen LogP contribution < -0.4 is 5.32 Å². The smallest absolute Gasteiger partial charge is 0.0860 e. The predicted octanol–water partition coefficient (Wildman–Crippen LogP) is 1.13. The minimum atomic E-state index is -0.376. The first kappa shape index (κ1) is 13.2. The summed E-state index contributed by atoms with van der Waals surface area (Å²) in [4.78, 5) is 0. The third-order valence-corrected chi connectivity index (χ3v) is 2.94. The van der Waals surface area contributed by atoms with E-state index in [2.05, 4.69) is 31.2 Å². The molecular weight excluding hydrogens is 202 g/mol. The van der Waals surface area contributed by atoms with Gasteiger partial charge in [0, 0.05) is 18.9 Å². The van der Waals surface area contributed by atoms with Gasteiger partial charge in [-0.25, -0.2) is 0 Å². The highest BCUT2D eigenvalue weighted by Gasteiger charge is 2.08. The Morgan fingerprint density at radius 3 is 2.62 bits per heavy atom. The van der Waals surface area contributed by atoms with Crippen molar-refractivity contribution in [2.75, 3.05) is 13.1 Å². The van der Waals surface area contributed by atoms with E-state index in [9.17, 15) is 5.11 Å². The van der Waals surface area contributed by atoms with Crippen LogP contribution in [0.5, 0.6) is 0 Å². The summed E-state index contributed by atoms with van der Waals surface area (Å²) in [6.45, 7) is 8.78. The van der Waals surface area contributed by atoms with Crippen molar-refractivity contribution in [1.82, 2.24) is 15.1 Å². The molecule has 0 aliphatic carbocycles. The number of hydrogen-bond donors (Lipinski definition) is 2. The van der Waals surface area contributed by atoms with Gasteiger partial charge in [-0.1, -0.05) is 20.8 Å². The normalized spacial score (nSPS) is 15.3. The van der Waals surface area contributed by atoms with Gasteiger partial charge in [0.2, 0.25) is 0 Å². The van der Waals surface area contributed by atoms with E-state index >= 15 is 0 Å². The summed E-state index contributed by atoms with van der Waals surface area (Å²) in [5.74, 6) is 1.31. The van der Waals surface area contributed by atoms with E-state index in [-0.39, 0.29) is 6.10 Å². The molecule has 0 bridgehead atoms. The van der Waals surface area contributed by atoms with E-state index < -0.39 is 0 Å². The van der Waals surface area contributed by atoms with Gasteiger partial charge >= 0.3 is 0 Å². The topological polar surface area (TPSA) is 50.1 Å². The van der Waals surface area contributed by atoms with Crippen LogP contribution in [-0.2, 0) is 6.54 Å². The molecule has 0 radical (unpaired) electrons. The predicted molar refractivity (Wildman–Crippen MR) is 65.1 cm³/mol. The van der Waals surface area contributed by atoms with E-state index in [1.165, 1.54) is 0 Å². The van der Waals surface area contributed by atoms with Gasteiger partial charge in [0.1, 0.15) is 0 Å². The fourth-order valence-corrected chi connectivity index (χ4v) is 1.40. The van der Waals surface area contributed by atoms with E-state index in [0.29, 0.717) is 24.9 Å². The SMILES string of the molecule is CC(C)C(C)CNCC(O)Cn1cccn1. The summed E-state index contributed by atoms with van der Waals surface area (Å²) in [5, 5.41) is 17.1. The number of hydrogen-bond acceptors (Lipinski definition) is 3. The van der Waals surface area contributed by atoms with Crippen molar-refractivity contribution in [3.8, 4) is 0 Å². The lowest BCUT2D eigenvalue weighted by Crippen LogP contribution is -2.34. The van der Waals surface area contributed by atoms with Crippen molar-refractivity contribution in [2.45, 2.75) is 33.4 Å². The second kappa shape index (κ2) is 6.66. The van der Waals surface area contributed by atoms with Gasteiger partial charge in [-0.2, -0.15) is 5.10 Å². The van der Waals surface area contributed by atoms with Crippen molar-refractivity contribution in [3.63, 3.8) is 0 Å². The molecule has 4 heteroatoms. The van der Waals surface area contributed by atoms with E-state index in [1.807, 2.05) is 12.3 Å². The summed E-state index contributed by atoms with van der Waals surface area (Å²) in [5.41, 5.74) is 0. The van der Waals surface area contributed by atoms with Crippen LogP contribution in [0.15, 0.2) is 18.5 Å². The first-order chi connectivity index (χ1) is 7.59. The Morgan fingerprint density at radius 2 is 2.06 bits per heavy atom. The summed E-state index contributed by atoms with van der Waals surface area (Å²) >= 11 is 0. The second-order valence-electron chi connectivity index (χ2n) is 4.76. The van der Waals surface area contributed by atoms with Crippen molar-refractivity contribution in [3.05, 3.63) is 18.5 Å². The Kier molecular flexibility index (Phi) is 5.49. The second-order valence-corrected chi connectivity index (χ2v) is 4.76. The lowest BCUT2D eigenvalue weighted by Gasteiger charge is -2.18. The molecule has 92 valence electrons. The minimum absolute atomic E-state index is 0.376. The van der Waals surface area contributed by atoms with Gasteiger partial charge in [0.15, 0.2) is 0 Å². The van der Waals surface area contributed by atoms with Gasteiger partial charge < -0.3 is 10.4 Å². The lowest BCUT2D eigenvalue weighted by atomic mass is 9.98. The number of nitrogens with zero attached hydrogens (tertiary/aromatic N) is 2. The standard InChI is InChI=1S/C12H23N3O/c1-10(2)11(3)7-13-8-12(16)9-15-6-4-5-14-15/h4-6,10-13,16H,7-9H2,1-3H3. The van der Waals surface area contributed by atoms with E-state index in [0.717, 1.165) is 6.54 Å². The van der Waals surface area contributed by atoms with Crippen molar-refractivity contribution < 1.29 is 5.11 Å². The number of aromatic nitrogens is 2. The fourth-order valence-electron chi connectivity index (χ4n) is 1.40. The largest absolute Gasteiger partial charge is 0.390 e. The molecule has 2 atom stereocenters. The molecule has 0 spiro atoms. The maximum absolute atomic E-state index is 9.75. The van der Waals surface area contributed by atoms with Crippen LogP contribution in [-0.4, -0.2) is 34.1 Å². The first-order valence-electron chi connectivity index (χ1n) is 5.95. The molecule has 1 aromatic heterocycles. The van der Waals surface area contributed by atoms with Crippen molar-refractivity contribution in [1.29, 1.82) is 0 Å². The average Bonchev–Trinajstić information content (AvgIpc) is 2.70. The third-order valence-electron chi connectivity index (χ3n) is 2.94. The molecule has 0 fully saturated rings. The van der Waals surface area contributed by atoms with Gasteiger partial charge in [-0.3, -0.25) is 4.68 Å². The first-order valence-corrected chi connectivity index (χ1v) is 5.95. The van der Waals surface area contributed by atoms with Crippen molar-refractivity contribution >= 4 is 0 Å². The highest BCUT2D eigenvalue weighted by molar-refractivity contribution is 4.78. The molecule has 0 saturated heterocycles. The Morgan fingerprint density at radius 1 is 1.31 bits per heavy atom. The molecule has 0 aliphatic rings. The number of nitrogens with one attached hydrogen (secondary N) is 1. The maximum atomic E-state index is 9.75. The summed E-state index contributed by atoms with van der Waals surface area (Å²) in [7, 11) is 0. The monoisotopic (exact) mass is 225 g/mol. The highest BCUT2D eigenvalue weighted by atomic mass is 16.3. The van der Waals surface area contributed by atoms with E-state index in [1.54, 1.807) is 10.9 Å². The molecule has 2 unspecified atom stereocenters. The van der Waals surface area contributed by atoms with Gasteiger partial charge in [-0.05, 0) is 24.4 Å². The zero-order chi connectivity index (χ0) is 12.0. The Balaban J connectivity index is 2.13. The molecule has 0 aliphatic heterocycles. The Hall–Kier alpha value is -0.870. The van der Waals surface area contributed by atoms with Gasteiger partial charge in [0.25, 0.3) is 0 Å². The van der Waals surface area contributed by atoms with Crippen LogP contribution in [0.25, 0.3) is 0 Å². The van der Waals surface area contributed by atoms with Gasteiger partial charge in [0.05, 0.1) is 12.6 Å². The number of aliphatic hydroxyl groups excluding tert-OH is 1. The Labute approximate surface area is 97.7 Å². The molecule has 1 rings (SSSR count). The molecule has 0 saturated carbocycles. The summed E-state index contributed by atoms with van der Waals surface area (Å²) < 4.78 is 1.75. The molecule has 1 aromatic rings. The van der Waals surface area contributed by atoms with Crippen LogP contribution in [0.3, 0.4) is 0 Å². The number of rotatable bonds is 7. The summed E-state index contributed by atoms with van der Waals surface area (Å²) in [6.07, 6.45) is 3.21. The Bertz CT molecular complexity index is 272. The van der Waals surface area contributed by atoms with Crippen LogP contribution in [0.1, 0.15) is 20.8 Å². The highest BCUT2D eigenvalue weighted by Crippen LogP contribution is 2.07. The molecule has 1 heterocycles.